The van der Waals surface area contributed by atoms with Gasteiger partial charge in [0.05, 0.1) is 36.1 Å². The number of rotatable bonds is 6. The molecule has 9 nitrogen and oxygen atoms in total. The normalized spacial score (nSPS) is 12.5. The minimum atomic E-state index is -1.23. The van der Waals surface area contributed by atoms with Gasteiger partial charge in [-0.15, -0.1) is 0 Å². The number of carbonyl (C=O) groups excluding carboxylic acids is 4. The van der Waals surface area contributed by atoms with Gasteiger partial charge in [0.25, 0.3) is 23.4 Å². The first-order chi connectivity index (χ1) is 17.5. The van der Waals surface area contributed by atoms with Crippen molar-refractivity contribution in [2.45, 2.75) is 0 Å². The predicted molar refractivity (Wildman–Crippen MR) is 132 cm³/mol. The number of amides is 3. The van der Waals surface area contributed by atoms with Crippen LogP contribution in [-0.2, 0) is 0 Å². The maximum Gasteiger partial charge on any atom is 0.282 e. The van der Waals surface area contributed by atoms with Gasteiger partial charge in [-0.05, 0) is 30.3 Å². The number of halogens is 5. The topological polar surface area (TPSA) is 118 Å². The number of nitrogens with zero attached hydrogens (tertiary/aromatic N) is 3. The van der Waals surface area contributed by atoms with Gasteiger partial charge < -0.3 is 0 Å². The smallest absolute Gasteiger partial charge is 0.282 e. The molecular weight excluding hydrogens is 575 g/mol. The molecule has 188 valence electrons. The number of hydrogen-bond donors (Lipinski definition) is 0. The Hall–Kier alpha value is -3.57. The van der Waals surface area contributed by atoms with E-state index >= 15 is 0 Å². The zero-order chi connectivity index (χ0) is 27.2. The van der Waals surface area contributed by atoms with Gasteiger partial charge >= 0.3 is 0 Å². The number of carbonyl (C=O) groups is 4. The monoisotopic (exact) mass is 583 g/mol. The van der Waals surface area contributed by atoms with Gasteiger partial charge in [-0.2, -0.15) is 5.01 Å². The highest BCUT2D eigenvalue weighted by atomic mass is 35.5. The summed E-state index contributed by atoms with van der Waals surface area (Å²) in [5, 5.41) is 10.8. The van der Waals surface area contributed by atoms with Crippen LogP contribution in [0.2, 0.25) is 20.1 Å². The fraction of sp³-hybridized carbons (Fsp3) is 0.0435. The third kappa shape index (κ3) is 4.53. The van der Waals surface area contributed by atoms with Crippen LogP contribution < -0.4 is 0 Å². The maximum absolute atomic E-state index is 13.6. The molecule has 0 fully saturated rings. The zero-order valence-corrected chi connectivity index (χ0v) is 21.0. The molecule has 0 aliphatic carbocycles. The first-order valence-electron chi connectivity index (χ1n) is 10.0. The minimum Gasteiger partial charge on any atom is -0.292 e. The highest BCUT2D eigenvalue weighted by Gasteiger charge is 2.47. The Balaban J connectivity index is 1.86. The van der Waals surface area contributed by atoms with Crippen molar-refractivity contribution in [3.63, 3.8) is 0 Å². The van der Waals surface area contributed by atoms with Crippen LogP contribution in [0.15, 0.2) is 48.5 Å². The number of nitro benzene ring substituents is 1. The number of Topliss-reactive ketones (excluding diaryl/α,β-unsaturated/α-hetero) is 1. The summed E-state index contributed by atoms with van der Waals surface area (Å²) in [6, 6.07) is 8.97. The molecule has 1 heterocycles. The van der Waals surface area contributed by atoms with E-state index in [0.717, 1.165) is 36.4 Å². The molecule has 3 amide bonds. The standard InChI is InChI=1S/C23H10Cl4FN3O6/c24-17-15-16(18(25)20(27)19(17)26)23(35)30(22(15)34)29(9-14(32)10-5-7-11(28)8-6-10)21(33)12-3-1-2-4-13(12)31(36)37/h1-8H,9H2. The van der Waals surface area contributed by atoms with Crippen molar-refractivity contribution < 1.29 is 28.5 Å². The number of fused-ring (bicyclic) bond motifs is 1. The molecule has 14 heteroatoms. The van der Waals surface area contributed by atoms with E-state index in [4.69, 9.17) is 46.4 Å². The van der Waals surface area contributed by atoms with Gasteiger partial charge in [-0.1, -0.05) is 58.5 Å². The van der Waals surface area contributed by atoms with Crippen molar-refractivity contribution >= 4 is 75.6 Å². The summed E-state index contributed by atoms with van der Waals surface area (Å²) in [5.41, 5.74) is -2.18. The van der Waals surface area contributed by atoms with Crippen LogP contribution >= 0.6 is 46.4 Å². The lowest BCUT2D eigenvalue weighted by molar-refractivity contribution is -0.385. The maximum atomic E-state index is 13.6. The summed E-state index contributed by atoms with van der Waals surface area (Å²) < 4.78 is 13.3. The predicted octanol–water partition coefficient (Wildman–Crippen LogP) is 5.88. The Morgan fingerprint density at radius 2 is 1.38 bits per heavy atom. The molecule has 3 aromatic rings. The second-order valence-corrected chi connectivity index (χ2v) is 9.01. The molecule has 0 aromatic heterocycles. The second-order valence-electron chi connectivity index (χ2n) is 7.50. The molecule has 0 spiro atoms. The van der Waals surface area contributed by atoms with E-state index in [1.165, 1.54) is 12.1 Å². The van der Waals surface area contributed by atoms with Gasteiger partial charge in [0.2, 0.25) is 0 Å². The number of para-hydroxylation sites is 1. The van der Waals surface area contributed by atoms with Crippen molar-refractivity contribution in [1.82, 2.24) is 10.0 Å². The lowest BCUT2D eigenvalue weighted by Gasteiger charge is -2.29. The van der Waals surface area contributed by atoms with Gasteiger partial charge in [0.15, 0.2) is 5.78 Å². The molecule has 0 atom stereocenters. The molecule has 0 saturated heterocycles. The average Bonchev–Trinajstić information content (AvgIpc) is 3.14. The SMILES string of the molecule is O=C(CN(C(=O)c1ccccc1[N+](=O)[O-])N1C(=O)c2c(Cl)c(Cl)c(Cl)c(Cl)c2C1=O)c1ccc(F)cc1. The molecule has 1 aliphatic rings. The molecule has 1 aliphatic heterocycles. The Morgan fingerprint density at radius 3 is 1.89 bits per heavy atom. The molecule has 0 saturated carbocycles. The summed E-state index contributed by atoms with van der Waals surface area (Å²) in [7, 11) is 0. The van der Waals surface area contributed by atoms with Crippen molar-refractivity contribution in [2.75, 3.05) is 6.54 Å². The number of hydrogen-bond acceptors (Lipinski definition) is 6. The van der Waals surface area contributed by atoms with E-state index in [-0.39, 0.29) is 20.6 Å². The number of imide groups is 1. The Labute approximate surface area is 227 Å². The van der Waals surface area contributed by atoms with Gasteiger partial charge in [0, 0.05) is 11.6 Å². The summed E-state index contributed by atoms with van der Waals surface area (Å²) in [5.74, 6) is -5.05. The van der Waals surface area contributed by atoms with E-state index in [1.807, 2.05) is 0 Å². The first-order valence-corrected chi connectivity index (χ1v) is 11.6. The van der Waals surface area contributed by atoms with Crippen LogP contribution in [0.5, 0.6) is 0 Å². The van der Waals surface area contributed by atoms with Crippen LogP contribution in [0.3, 0.4) is 0 Å². The van der Waals surface area contributed by atoms with Crippen molar-refractivity contribution in [3.8, 4) is 0 Å². The van der Waals surface area contributed by atoms with Crippen LogP contribution in [0, 0.1) is 15.9 Å². The fourth-order valence-electron chi connectivity index (χ4n) is 3.61. The lowest BCUT2D eigenvalue weighted by Crippen LogP contribution is -2.51. The molecule has 37 heavy (non-hydrogen) atoms. The third-order valence-corrected chi connectivity index (χ3v) is 7.15. The Bertz CT molecular complexity index is 1480. The van der Waals surface area contributed by atoms with Gasteiger partial charge in [-0.25, -0.2) is 9.40 Å². The molecule has 0 radical (unpaired) electrons. The van der Waals surface area contributed by atoms with Crippen molar-refractivity contribution in [3.05, 3.63) is 107 Å². The third-order valence-electron chi connectivity index (χ3n) is 5.35. The number of benzene rings is 3. The van der Waals surface area contributed by atoms with Crippen LogP contribution in [0.25, 0.3) is 0 Å². The van der Waals surface area contributed by atoms with E-state index in [2.05, 4.69) is 0 Å². The summed E-state index contributed by atoms with van der Waals surface area (Å²) in [4.78, 5) is 64.0. The van der Waals surface area contributed by atoms with E-state index in [0.29, 0.717) is 5.01 Å². The highest BCUT2D eigenvalue weighted by molar-refractivity contribution is 6.55. The fourth-order valence-corrected chi connectivity index (χ4v) is 4.62. The summed E-state index contributed by atoms with van der Waals surface area (Å²) in [6.07, 6.45) is 0. The molecule has 3 aromatic carbocycles. The van der Waals surface area contributed by atoms with Crippen LogP contribution in [-0.4, -0.2) is 45.0 Å². The second kappa shape index (κ2) is 10.1. The van der Waals surface area contributed by atoms with Crippen molar-refractivity contribution in [1.29, 1.82) is 0 Å². The minimum absolute atomic E-state index is 0.0690. The first kappa shape index (κ1) is 26.5. The molecule has 4 rings (SSSR count). The number of ketones is 1. The molecule has 0 N–H and O–H groups in total. The van der Waals surface area contributed by atoms with Gasteiger partial charge in [0.1, 0.15) is 17.9 Å². The zero-order valence-electron chi connectivity index (χ0n) is 18.0. The number of nitro groups is 1. The number of hydrazine groups is 1. The Morgan fingerprint density at radius 1 is 0.865 bits per heavy atom. The summed E-state index contributed by atoms with van der Waals surface area (Å²) >= 11 is 24.4. The molecule has 0 bridgehead atoms. The van der Waals surface area contributed by atoms with Crippen LogP contribution in [0.4, 0.5) is 10.1 Å². The van der Waals surface area contributed by atoms with Gasteiger partial charge in [-0.3, -0.25) is 29.3 Å². The summed E-state index contributed by atoms with van der Waals surface area (Å²) in [6.45, 7) is -0.946. The Kier molecular flexibility index (Phi) is 7.20. The van der Waals surface area contributed by atoms with Crippen LogP contribution in [0.1, 0.15) is 41.4 Å². The largest absolute Gasteiger partial charge is 0.292 e. The molecule has 0 unspecified atom stereocenters. The lowest BCUT2D eigenvalue weighted by atomic mass is 10.1. The molecular formula is C23H10Cl4FN3O6. The van der Waals surface area contributed by atoms with E-state index < -0.39 is 73.2 Å². The highest BCUT2D eigenvalue weighted by Crippen LogP contribution is 2.45. The average molecular weight is 585 g/mol. The van der Waals surface area contributed by atoms with E-state index in [1.54, 1.807) is 0 Å². The van der Waals surface area contributed by atoms with E-state index in [9.17, 15) is 33.7 Å². The quantitative estimate of drug-likeness (QED) is 0.0891. The van der Waals surface area contributed by atoms with Crippen molar-refractivity contribution in [2.24, 2.45) is 0 Å².